The lowest BCUT2D eigenvalue weighted by atomic mass is 9.86. The van der Waals surface area contributed by atoms with Crippen LogP contribution in [0.1, 0.15) is 0 Å². The normalized spacial score (nSPS) is 16.1. The standard InChI is InChI=1S/C12F23/c13-1(2(14)15)4(18,19)6(22,23)8(26,27)10(30,31)12(34,35)11(32,33)9(28,29)7(24,25)5(20,21)3(16)17. The van der Waals surface area contributed by atoms with Crippen LogP contribution in [0.5, 0.6) is 0 Å². The van der Waals surface area contributed by atoms with Crippen LogP contribution in [0.3, 0.4) is 0 Å². The monoisotopic (exact) mass is 581 g/mol. The lowest BCUT2D eigenvalue weighted by Crippen LogP contribution is -2.76. The third kappa shape index (κ3) is 3.93. The fourth-order valence-corrected chi connectivity index (χ4v) is 1.76. The van der Waals surface area contributed by atoms with Gasteiger partial charge in [-0.05, 0) is 0 Å². The molecule has 0 rings (SSSR count). The van der Waals surface area contributed by atoms with Crippen molar-refractivity contribution >= 4 is 0 Å². The van der Waals surface area contributed by atoms with Gasteiger partial charge in [0.15, 0.2) is 0 Å². The number of allylic oxidation sites excluding steroid dienone is 1. The Morgan fingerprint density at radius 1 is 0.286 bits per heavy atom. The van der Waals surface area contributed by atoms with Crippen LogP contribution in [0.2, 0.25) is 0 Å². The van der Waals surface area contributed by atoms with Crippen LogP contribution in [0.15, 0.2) is 11.9 Å². The predicted molar refractivity (Wildman–Crippen MR) is 60.3 cm³/mol. The maximum absolute atomic E-state index is 13.3. The molecule has 0 aromatic heterocycles. The molecule has 0 nitrogen and oxygen atoms in total. The summed E-state index contributed by atoms with van der Waals surface area (Å²) in [5.41, 5.74) is 0. The van der Waals surface area contributed by atoms with E-state index < -0.39 is 71.6 Å². The van der Waals surface area contributed by atoms with E-state index in [0.29, 0.717) is 0 Å². The third-order valence-corrected chi connectivity index (χ3v) is 3.83. The van der Waals surface area contributed by atoms with E-state index in [1.807, 2.05) is 0 Å². The van der Waals surface area contributed by atoms with E-state index in [0.717, 1.165) is 0 Å². The lowest BCUT2D eigenvalue weighted by molar-refractivity contribution is -0.461. The summed E-state index contributed by atoms with van der Waals surface area (Å²) in [7, 11) is 0. The van der Waals surface area contributed by atoms with Crippen molar-refractivity contribution < 1.29 is 101 Å². The Kier molecular flexibility index (Phi) is 7.89. The Morgan fingerprint density at radius 2 is 0.486 bits per heavy atom. The van der Waals surface area contributed by atoms with Crippen LogP contribution in [0.4, 0.5) is 101 Å². The second-order valence-corrected chi connectivity index (χ2v) is 6.00. The van der Waals surface area contributed by atoms with E-state index >= 15 is 0 Å². The molecule has 0 unspecified atom stereocenters. The zero-order valence-electron chi connectivity index (χ0n) is 14.7. The van der Waals surface area contributed by atoms with Crippen LogP contribution < -0.4 is 0 Å². The van der Waals surface area contributed by atoms with Crippen LogP contribution in [0, 0.1) is 6.43 Å². The summed E-state index contributed by atoms with van der Waals surface area (Å²) in [4.78, 5) is 0. The fraction of sp³-hybridized carbons (Fsp3) is 0.750. The molecule has 1 radical (unpaired) electrons. The minimum atomic E-state index is -9.30. The van der Waals surface area contributed by atoms with Crippen LogP contribution in [-0.4, -0.2) is 53.3 Å². The second-order valence-electron chi connectivity index (χ2n) is 6.00. The van der Waals surface area contributed by atoms with Crippen molar-refractivity contribution in [2.45, 2.75) is 53.3 Å². The minimum absolute atomic E-state index is 4.73. The highest BCUT2D eigenvalue weighted by Crippen LogP contribution is 2.66. The van der Waals surface area contributed by atoms with Gasteiger partial charge in [-0.3, -0.25) is 0 Å². The summed E-state index contributed by atoms with van der Waals surface area (Å²) < 4.78 is 295. The van der Waals surface area contributed by atoms with Crippen molar-refractivity contribution in [2.75, 3.05) is 0 Å². The largest absolute Gasteiger partial charge is 0.385 e. The van der Waals surface area contributed by atoms with Gasteiger partial charge in [0, 0.05) is 0 Å². The van der Waals surface area contributed by atoms with E-state index in [-0.39, 0.29) is 0 Å². The molecule has 0 aliphatic carbocycles. The zero-order valence-corrected chi connectivity index (χ0v) is 14.7. The fourth-order valence-electron chi connectivity index (χ4n) is 1.76. The van der Waals surface area contributed by atoms with Crippen LogP contribution in [0.25, 0.3) is 0 Å². The summed E-state index contributed by atoms with van der Waals surface area (Å²) in [5.74, 6) is -84.2. The molecule has 0 spiro atoms. The van der Waals surface area contributed by atoms with Gasteiger partial charge >= 0.3 is 65.8 Å². The molecule has 0 aliphatic rings. The van der Waals surface area contributed by atoms with Gasteiger partial charge in [-0.15, -0.1) is 0 Å². The molecule has 0 saturated carbocycles. The first-order valence-electron chi connectivity index (χ1n) is 7.10. The number of halogens is 23. The molecule has 0 aromatic rings. The Labute approximate surface area is 174 Å². The summed E-state index contributed by atoms with van der Waals surface area (Å²) in [5, 5.41) is 0. The first-order valence-corrected chi connectivity index (χ1v) is 7.10. The molecule has 0 heterocycles. The summed E-state index contributed by atoms with van der Waals surface area (Å²) in [6.45, 7) is 0. The molecule has 209 valence electrons. The topological polar surface area (TPSA) is 0 Å². The van der Waals surface area contributed by atoms with E-state index in [2.05, 4.69) is 0 Å². The van der Waals surface area contributed by atoms with E-state index in [1.165, 1.54) is 0 Å². The maximum Gasteiger partial charge on any atom is 0.385 e. The van der Waals surface area contributed by atoms with Gasteiger partial charge in [0.05, 0.1) is 0 Å². The average Bonchev–Trinajstić information content (AvgIpc) is 2.65. The quantitative estimate of drug-likeness (QED) is 0.228. The Morgan fingerprint density at radius 3 is 0.686 bits per heavy atom. The van der Waals surface area contributed by atoms with Gasteiger partial charge in [-0.1, -0.05) is 0 Å². The highest BCUT2D eigenvalue weighted by molar-refractivity contribution is 5.22. The number of hydrogen-bond donors (Lipinski definition) is 0. The third-order valence-electron chi connectivity index (χ3n) is 3.83. The molecular weight excluding hydrogens is 581 g/mol. The van der Waals surface area contributed by atoms with Gasteiger partial charge in [0.1, 0.15) is 0 Å². The first kappa shape index (κ1) is 33.1. The Balaban J connectivity index is 7.14. The molecular formula is C12F23. The minimum Gasteiger partial charge on any atom is -0.199 e. The van der Waals surface area contributed by atoms with Crippen molar-refractivity contribution in [3.05, 3.63) is 18.3 Å². The summed E-state index contributed by atoms with van der Waals surface area (Å²) >= 11 is 0. The summed E-state index contributed by atoms with van der Waals surface area (Å²) in [6, 6.07) is 0. The molecule has 0 atom stereocenters. The van der Waals surface area contributed by atoms with Gasteiger partial charge < -0.3 is 0 Å². The highest BCUT2D eigenvalue weighted by Gasteiger charge is 2.97. The molecule has 0 N–H and O–H groups in total. The van der Waals surface area contributed by atoms with Crippen molar-refractivity contribution in [3.8, 4) is 0 Å². The van der Waals surface area contributed by atoms with Crippen molar-refractivity contribution in [1.82, 2.24) is 0 Å². The molecule has 23 heteroatoms. The lowest BCUT2D eigenvalue weighted by Gasteiger charge is -2.44. The maximum atomic E-state index is 13.3. The molecule has 0 saturated heterocycles. The van der Waals surface area contributed by atoms with E-state index in [9.17, 15) is 101 Å². The van der Waals surface area contributed by atoms with Gasteiger partial charge in [0.2, 0.25) is 5.83 Å². The Bertz CT molecular complexity index is 810. The van der Waals surface area contributed by atoms with Crippen LogP contribution in [-0.2, 0) is 0 Å². The molecule has 0 aliphatic heterocycles. The highest BCUT2D eigenvalue weighted by atomic mass is 19.4. The van der Waals surface area contributed by atoms with Gasteiger partial charge in [0.25, 0.3) is 0 Å². The number of hydrogen-bond acceptors (Lipinski definition) is 0. The number of rotatable bonds is 10. The second kappa shape index (κ2) is 8.33. The zero-order chi connectivity index (χ0) is 29.2. The van der Waals surface area contributed by atoms with Crippen molar-refractivity contribution in [1.29, 1.82) is 0 Å². The molecule has 35 heavy (non-hydrogen) atoms. The Hall–Kier alpha value is -1.87. The predicted octanol–water partition coefficient (Wildman–Crippen LogP) is 8.21. The molecule has 0 aromatic carbocycles. The van der Waals surface area contributed by atoms with Crippen LogP contribution >= 0.6 is 0 Å². The molecule has 0 bridgehead atoms. The van der Waals surface area contributed by atoms with E-state index in [4.69, 9.17) is 0 Å². The van der Waals surface area contributed by atoms with E-state index in [1.54, 1.807) is 0 Å². The molecule has 0 amide bonds. The van der Waals surface area contributed by atoms with Gasteiger partial charge in [-0.25, -0.2) is 0 Å². The van der Waals surface area contributed by atoms with Gasteiger partial charge in [-0.2, -0.15) is 101 Å². The molecule has 0 fully saturated rings. The first-order chi connectivity index (χ1) is 14.8. The van der Waals surface area contributed by atoms with Crippen molar-refractivity contribution in [3.63, 3.8) is 0 Å². The average molecular weight is 581 g/mol. The SMILES string of the molecule is F[C](F)C(F)(F)C(F)(F)C(F)(F)C(F)(F)C(F)(F)C(F)(F)C(F)(F)C(F)(F)C(F)(F)C(F)=C(F)F. The van der Waals surface area contributed by atoms with Crippen molar-refractivity contribution in [2.24, 2.45) is 0 Å². The number of alkyl halides is 18. The smallest absolute Gasteiger partial charge is 0.199 e. The summed E-state index contributed by atoms with van der Waals surface area (Å²) in [6.07, 6.45) is -10.0.